The van der Waals surface area contributed by atoms with E-state index >= 15 is 0 Å². The highest BCUT2D eigenvalue weighted by Crippen LogP contribution is 2.25. The predicted molar refractivity (Wildman–Crippen MR) is 109 cm³/mol. The number of aliphatic hydroxyl groups excluding tert-OH is 3. The van der Waals surface area contributed by atoms with Crippen molar-refractivity contribution in [1.82, 2.24) is 15.2 Å². The number of carbonyl (C=O) groups is 1. The molecule has 1 saturated heterocycles. The summed E-state index contributed by atoms with van der Waals surface area (Å²) >= 11 is 1.69. The Bertz CT molecular complexity index is 812. The average molecular weight is 408 g/mol. The standard InChI is InChI=1S/C20H29N3O4S/c1-3-17(25)21-14-10-23(15(11-24)20(27)19(14)26)8-4-5-18-22-13-9-12(2)6-7-16(13)28-18/h6-7,9,14-15,19-20,24,26-27H,3-5,8,10-11H2,1-2H3,(H,21,25)/t14-,15+,19+,20+/m0/s1. The number of aryl methyl sites for hydroxylation is 2. The molecule has 4 atom stereocenters. The molecule has 0 saturated carbocycles. The van der Waals surface area contributed by atoms with Crippen molar-refractivity contribution >= 4 is 27.5 Å². The molecule has 4 N–H and O–H groups in total. The van der Waals surface area contributed by atoms with Gasteiger partial charge in [0.25, 0.3) is 0 Å². The summed E-state index contributed by atoms with van der Waals surface area (Å²) < 4.78 is 1.17. The molecule has 1 aliphatic rings. The van der Waals surface area contributed by atoms with E-state index in [2.05, 4.69) is 30.4 Å². The number of piperidine rings is 1. The minimum absolute atomic E-state index is 0.164. The largest absolute Gasteiger partial charge is 0.395 e. The van der Waals surface area contributed by atoms with E-state index in [-0.39, 0.29) is 12.5 Å². The summed E-state index contributed by atoms with van der Waals surface area (Å²) in [5.41, 5.74) is 2.21. The molecule has 1 amide bonds. The van der Waals surface area contributed by atoms with Crippen LogP contribution in [0.15, 0.2) is 18.2 Å². The number of nitrogens with zero attached hydrogens (tertiary/aromatic N) is 2. The molecule has 1 fully saturated rings. The first kappa shape index (κ1) is 21.1. The second-order valence-corrected chi connectivity index (χ2v) is 8.55. The molecule has 2 aromatic rings. The molecular formula is C20H29N3O4S. The fourth-order valence-corrected chi connectivity index (χ4v) is 4.71. The van der Waals surface area contributed by atoms with E-state index < -0.39 is 24.3 Å². The number of aliphatic hydroxyl groups is 3. The van der Waals surface area contributed by atoms with Crippen LogP contribution in [0.1, 0.15) is 30.3 Å². The maximum Gasteiger partial charge on any atom is 0.220 e. The number of carbonyl (C=O) groups excluding carboxylic acids is 1. The normalized spacial score (nSPS) is 25.9. The Morgan fingerprint density at radius 1 is 1.36 bits per heavy atom. The van der Waals surface area contributed by atoms with Crippen LogP contribution in [-0.4, -0.2) is 75.1 Å². The number of aromatic nitrogens is 1. The van der Waals surface area contributed by atoms with Gasteiger partial charge in [0.15, 0.2) is 0 Å². The first-order chi connectivity index (χ1) is 13.4. The van der Waals surface area contributed by atoms with E-state index in [4.69, 9.17) is 4.98 Å². The van der Waals surface area contributed by atoms with E-state index in [1.54, 1.807) is 18.3 Å². The van der Waals surface area contributed by atoms with Gasteiger partial charge in [0.1, 0.15) is 6.10 Å². The van der Waals surface area contributed by atoms with Gasteiger partial charge in [-0.25, -0.2) is 4.98 Å². The van der Waals surface area contributed by atoms with Gasteiger partial charge in [-0.2, -0.15) is 0 Å². The average Bonchev–Trinajstić information content (AvgIpc) is 3.07. The zero-order chi connectivity index (χ0) is 20.3. The maximum absolute atomic E-state index is 11.7. The maximum atomic E-state index is 11.7. The lowest BCUT2D eigenvalue weighted by Gasteiger charge is -2.45. The van der Waals surface area contributed by atoms with Gasteiger partial charge >= 0.3 is 0 Å². The van der Waals surface area contributed by atoms with Crippen molar-refractivity contribution in [1.29, 1.82) is 0 Å². The van der Waals surface area contributed by atoms with Crippen molar-refractivity contribution in [2.75, 3.05) is 19.7 Å². The molecule has 0 bridgehead atoms. The molecule has 28 heavy (non-hydrogen) atoms. The van der Waals surface area contributed by atoms with E-state index in [1.807, 2.05) is 4.90 Å². The Balaban J connectivity index is 1.62. The van der Waals surface area contributed by atoms with Crippen LogP contribution in [-0.2, 0) is 11.2 Å². The van der Waals surface area contributed by atoms with Crippen molar-refractivity contribution in [3.63, 3.8) is 0 Å². The highest BCUT2D eigenvalue weighted by Gasteiger charge is 2.41. The quantitative estimate of drug-likeness (QED) is 0.542. The molecule has 8 heteroatoms. The number of nitrogens with one attached hydrogen (secondary N) is 1. The Hall–Kier alpha value is -1.58. The Labute approximate surface area is 169 Å². The Morgan fingerprint density at radius 3 is 2.86 bits per heavy atom. The topological polar surface area (TPSA) is 106 Å². The molecule has 0 aliphatic carbocycles. The summed E-state index contributed by atoms with van der Waals surface area (Å²) in [7, 11) is 0. The number of thiazole rings is 1. The molecule has 3 rings (SSSR count). The molecule has 1 aromatic heterocycles. The molecule has 1 aromatic carbocycles. The fourth-order valence-electron chi connectivity index (χ4n) is 3.72. The lowest BCUT2D eigenvalue weighted by atomic mass is 9.92. The fraction of sp³-hybridized carbons (Fsp3) is 0.600. The van der Waals surface area contributed by atoms with Crippen LogP contribution in [0.5, 0.6) is 0 Å². The van der Waals surface area contributed by atoms with Gasteiger partial charge in [0.2, 0.25) is 5.91 Å². The lowest BCUT2D eigenvalue weighted by molar-refractivity contribution is -0.130. The SMILES string of the molecule is CCC(=O)N[C@H]1CN(CCCc2nc3cc(C)ccc3s2)[C@H](CO)[C@@H](O)[C@@H]1O. The second-order valence-electron chi connectivity index (χ2n) is 7.44. The highest BCUT2D eigenvalue weighted by molar-refractivity contribution is 7.18. The van der Waals surface area contributed by atoms with Crippen LogP contribution in [0.2, 0.25) is 0 Å². The highest BCUT2D eigenvalue weighted by atomic mass is 32.1. The zero-order valence-electron chi connectivity index (χ0n) is 16.3. The minimum atomic E-state index is -1.11. The van der Waals surface area contributed by atoms with Crippen molar-refractivity contribution in [2.24, 2.45) is 0 Å². The van der Waals surface area contributed by atoms with Crippen LogP contribution in [0, 0.1) is 6.92 Å². The van der Waals surface area contributed by atoms with Gasteiger partial charge in [0.05, 0.1) is 40.0 Å². The molecule has 0 spiro atoms. The Kier molecular flexibility index (Phi) is 7.00. The molecular weight excluding hydrogens is 378 g/mol. The number of benzene rings is 1. The summed E-state index contributed by atoms with van der Waals surface area (Å²) in [5.74, 6) is -0.164. The number of amides is 1. The van der Waals surface area contributed by atoms with Gasteiger partial charge in [-0.1, -0.05) is 13.0 Å². The molecule has 7 nitrogen and oxygen atoms in total. The summed E-state index contributed by atoms with van der Waals surface area (Å²) in [5, 5.41) is 34.2. The monoisotopic (exact) mass is 407 g/mol. The molecule has 2 heterocycles. The first-order valence-electron chi connectivity index (χ1n) is 9.79. The second kappa shape index (κ2) is 9.28. The summed E-state index contributed by atoms with van der Waals surface area (Å²) in [4.78, 5) is 18.4. The molecule has 0 unspecified atom stereocenters. The number of hydrogen-bond acceptors (Lipinski definition) is 7. The van der Waals surface area contributed by atoms with Crippen molar-refractivity contribution in [2.45, 2.75) is 57.4 Å². The van der Waals surface area contributed by atoms with Gasteiger partial charge in [0, 0.05) is 19.4 Å². The third kappa shape index (κ3) is 4.69. The van der Waals surface area contributed by atoms with Crippen LogP contribution in [0.25, 0.3) is 10.2 Å². The molecule has 154 valence electrons. The molecule has 0 radical (unpaired) electrons. The van der Waals surface area contributed by atoms with Crippen molar-refractivity contribution in [3.05, 3.63) is 28.8 Å². The first-order valence-corrected chi connectivity index (χ1v) is 10.6. The summed E-state index contributed by atoms with van der Waals surface area (Å²) in [6, 6.07) is 5.18. The van der Waals surface area contributed by atoms with Gasteiger partial charge in [-0.15, -0.1) is 11.3 Å². The van der Waals surface area contributed by atoms with E-state index in [0.717, 1.165) is 23.4 Å². The number of hydrogen-bond donors (Lipinski definition) is 4. The van der Waals surface area contributed by atoms with Gasteiger partial charge in [-0.3, -0.25) is 9.69 Å². The summed E-state index contributed by atoms with van der Waals surface area (Å²) in [6.07, 6.45) is -0.257. The van der Waals surface area contributed by atoms with Crippen LogP contribution >= 0.6 is 11.3 Å². The van der Waals surface area contributed by atoms with Crippen LogP contribution < -0.4 is 5.32 Å². The minimum Gasteiger partial charge on any atom is -0.395 e. The van der Waals surface area contributed by atoms with Gasteiger partial charge in [-0.05, 0) is 37.6 Å². The number of likely N-dealkylation sites (tertiary alicyclic amines) is 1. The molecule has 1 aliphatic heterocycles. The van der Waals surface area contributed by atoms with Crippen molar-refractivity contribution in [3.8, 4) is 0 Å². The third-order valence-corrected chi connectivity index (χ3v) is 6.43. The smallest absolute Gasteiger partial charge is 0.220 e. The van der Waals surface area contributed by atoms with Crippen LogP contribution in [0.4, 0.5) is 0 Å². The predicted octanol–water partition coefficient (Wildman–Crippen LogP) is 0.830. The van der Waals surface area contributed by atoms with E-state index in [1.165, 1.54) is 10.3 Å². The number of fused-ring (bicyclic) bond motifs is 1. The van der Waals surface area contributed by atoms with E-state index in [9.17, 15) is 20.1 Å². The zero-order valence-corrected chi connectivity index (χ0v) is 17.2. The van der Waals surface area contributed by atoms with Crippen LogP contribution in [0.3, 0.4) is 0 Å². The lowest BCUT2D eigenvalue weighted by Crippen LogP contribution is -2.66. The van der Waals surface area contributed by atoms with E-state index in [0.29, 0.717) is 19.5 Å². The summed E-state index contributed by atoms with van der Waals surface area (Å²) in [6.45, 7) is 4.59. The number of rotatable bonds is 7. The third-order valence-electron chi connectivity index (χ3n) is 5.33. The van der Waals surface area contributed by atoms with Crippen molar-refractivity contribution < 1.29 is 20.1 Å². The Morgan fingerprint density at radius 2 is 2.14 bits per heavy atom. The van der Waals surface area contributed by atoms with Gasteiger partial charge < -0.3 is 20.6 Å².